The summed E-state index contributed by atoms with van der Waals surface area (Å²) in [5.74, 6) is -4.88. The third-order valence-corrected chi connectivity index (χ3v) is 1.51. The van der Waals surface area contributed by atoms with E-state index in [9.17, 15) is 14.4 Å². The summed E-state index contributed by atoms with van der Waals surface area (Å²) in [6, 6.07) is 0. The molecule has 2 amide bonds. The molecule has 62 valence electrons. The molecule has 0 rings (SSSR count). The number of carbonyl (C=O) groups is 3. The third kappa shape index (κ3) is 1.40. The second-order valence-electron chi connectivity index (χ2n) is 1.69. The van der Waals surface area contributed by atoms with Crippen LogP contribution in [0.2, 0.25) is 0 Å². The van der Waals surface area contributed by atoms with E-state index in [0.29, 0.717) is 0 Å². The maximum atomic E-state index is 10.3. The highest BCUT2D eigenvalue weighted by molar-refractivity contribution is 6.56. The fraction of sp³-hybridized carbons (Fsp3) is 0.250. The molecule has 0 heterocycles. The number of carbonyl (C=O) groups excluding carboxylic acids is 2. The average Bonchev–Trinajstić information content (AvgIpc) is 1.84. The van der Waals surface area contributed by atoms with Gasteiger partial charge in [0.15, 0.2) is 0 Å². The van der Waals surface area contributed by atoms with Gasteiger partial charge in [0.1, 0.15) is 0 Å². The van der Waals surface area contributed by atoms with Crippen LogP contribution in [0.25, 0.3) is 0 Å². The molecule has 0 saturated heterocycles. The second kappa shape index (κ2) is 2.75. The number of rotatable bonds is 3. The van der Waals surface area contributed by atoms with E-state index in [1.165, 1.54) is 0 Å². The molecule has 6 nitrogen and oxygen atoms in total. The monoisotopic (exact) mass is 180 g/mol. The van der Waals surface area contributed by atoms with Gasteiger partial charge in [-0.15, -0.1) is 0 Å². The SMILES string of the molecule is NC(=O)C(Cl)(C(N)=O)C(=O)O. The Morgan fingerprint density at radius 3 is 1.45 bits per heavy atom. The molecule has 0 aromatic carbocycles. The first-order valence-electron chi connectivity index (χ1n) is 2.35. The van der Waals surface area contributed by atoms with E-state index in [2.05, 4.69) is 11.5 Å². The summed E-state index contributed by atoms with van der Waals surface area (Å²) in [6.45, 7) is 0. The predicted octanol–water partition coefficient (Wildman–Crippen LogP) is -1.98. The van der Waals surface area contributed by atoms with Gasteiger partial charge in [0.2, 0.25) is 0 Å². The number of nitrogens with two attached hydrogens (primary N) is 2. The van der Waals surface area contributed by atoms with Gasteiger partial charge >= 0.3 is 5.97 Å². The van der Waals surface area contributed by atoms with Gasteiger partial charge in [0.05, 0.1) is 0 Å². The van der Waals surface area contributed by atoms with Crippen molar-refractivity contribution in [1.82, 2.24) is 0 Å². The van der Waals surface area contributed by atoms with Gasteiger partial charge in [-0.1, -0.05) is 11.6 Å². The lowest BCUT2D eigenvalue weighted by molar-refractivity contribution is -0.147. The van der Waals surface area contributed by atoms with Gasteiger partial charge in [-0.3, -0.25) is 9.59 Å². The molecule has 0 spiro atoms. The Labute approximate surface area is 66.1 Å². The summed E-state index contributed by atoms with van der Waals surface area (Å²) in [5, 5.41) is 8.24. The molecule has 0 fully saturated rings. The third-order valence-electron chi connectivity index (χ3n) is 0.974. The summed E-state index contributed by atoms with van der Waals surface area (Å²) < 4.78 is 0. The first kappa shape index (κ1) is 9.70. The van der Waals surface area contributed by atoms with Gasteiger partial charge in [0.25, 0.3) is 16.7 Å². The smallest absolute Gasteiger partial charge is 0.344 e. The fourth-order valence-electron chi connectivity index (χ4n) is 0.332. The van der Waals surface area contributed by atoms with Crippen LogP contribution in [0, 0.1) is 0 Å². The molecule has 0 aliphatic carbocycles. The van der Waals surface area contributed by atoms with E-state index >= 15 is 0 Å². The molecule has 0 atom stereocenters. The average molecular weight is 181 g/mol. The van der Waals surface area contributed by atoms with Crippen molar-refractivity contribution in [2.75, 3.05) is 0 Å². The zero-order valence-electron chi connectivity index (χ0n) is 5.20. The van der Waals surface area contributed by atoms with Crippen LogP contribution >= 0.6 is 11.6 Å². The molecule has 5 N–H and O–H groups in total. The summed E-state index contributed by atoms with van der Waals surface area (Å²) in [4.78, 5) is 28.0. The molecular formula is C4H5ClN2O4. The van der Waals surface area contributed by atoms with Crippen molar-refractivity contribution < 1.29 is 19.5 Å². The normalized spacial score (nSPS) is 10.6. The van der Waals surface area contributed by atoms with E-state index in [4.69, 9.17) is 16.7 Å². The number of amides is 2. The first-order chi connectivity index (χ1) is 4.83. The Morgan fingerprint density at radius 2 is 1.45 bits per heavy atom. The lowest BCUT2D eigenvalue weighted by atomic mass is 10.1. The van der Waals surface area contributed by atoms with Gasteiger partial charge in [-0.05, 0) is 0 Å². The zero-order valence-corrected chi connectivity index (χ0v) is 5.96. The molecule has 0 radical (unpaired) electrons. The van der Waals surface area contributed by atoms with Crippen molar-refractivity contribution in [1.29, 1.82) is 0 Å². The Kier molecular flexibility index (Phi) is 2.42. The number of primary amides is 2. The van der Waals surface area contributed by atoms with Gasteiger partial charge < -0.3 is 16.6 Å². The maximum Gasteiger partial charge on any atom is 0.344 e. The number of carboxylic acid groups (broad SMARTS) is 1. The van der Waals surface area contributed by atoms with Crippen LogP contribution in [0.3, 0.4) is 0 Å². The van der Waals surface area contributed by atoms with E-state index in [1.54, 1.807) is 0 Å². The highest BCUT2D eigenvalue weighted by Gasteiger charge is 2.49. The Hall–Kier alpha value is -1.30. The molecule has 0 aliphatic rings. The topological polar surface area (TPSA) is 123 Å². The number of aliphatic carboxylic acids is 1. The number of hydrogen-bond acceptors (Lipinski definition) is 3. The van der Waals surface area contributed by atoms with Crippen molar-refractivity contribution in [3.63, 3.8) is 0 Å². The first-order valence-corrected chi connectivity index (χ1v) is 2.73. The molecular weight excluding hydrogens is 176 g/mol. The van der Waals surface area contributed by atoms with E-state index < -0.39 is 22.7 Å². The van der Waals surface area contributed by atoms with Crippen molar-refractivity contribution in [3.8, 4) is 0 Å². The minimum Gasteiger partial charge on any atom is -0.479 e. The highest BCUT2D eigenvalue weighted by atomic mass is 35.5. The van der Waals surface area contributed by atoms with E-state index in [1.807, 2.05) is 0 Å². The molecule has 0 bridgehead atoms. The number of carboxylic acids is 1. The lowest BCUT2D eigenvalue weighted by Crippen LogP contribution is -2.55. The molecule has 0 aromatic heterocycles. The summed E-state index contributed by atoms with van der Waals surface area (Å²) in [6.07, 6.45) is 0. The van der Waals surface area contributed by atoms with Crippen LogP contribution in [-0.4, -0.2) is 27.8 Å². The quantitative estimate of drug-likeness (QED) is 0.344. The maximum absolute atomic E-state index is 10.3. The number of hydrogen-bond donors (Lipinski definition) is 3. The fourth-order valence-corrected chi connectivity index (χ4v) is 0.332. The molecule has 0 aromatic rings. The van der Waals surface area contributed by atoms with Crippen LogP contribution in [0.15, 0.2) is 0 Å². The van der Waals surface area contributed by atoms with E-state index in [-0.39, 0.29) is 0 Å². The van der Waals surface area contributed by atoms with Crippen LogP contribution in [0.5, 0.6) is 0 Å². The molecule has 0 unspecified atom stereocenters. The summed E-state index contributed by atoms with van der Waals surface area (Å²) in [7, 11) is 0. The molecule has 11 heavy (non-hydrogen) atoms. The van der Waals surface area contributed by atoms with Gasteiger partial charge in [-0.2, -0.15) is 0 Å². The minimum atomic E-state index is -2.83. The van der Waals surface area contributed by atoms with Gasteiger partial charge in [0, 0.05) is 0 Å². The summed E-state index contributed by atoms with van der Waals surface area (Å²) >= 11 is 5.00. The van der Waals surface area contributed by atoms with Crippen molar-refractivity contribution in [2.45, 2.75) is 4.87 Å². The van der Waals surface area contributed by atoms with E-state index in [0.717, 1.165) is 0 Å². The number of halogens is 1. The standard InChI is InChI=1S/C4H5ClN2O4/c5-4(1(6)8,2(7)9)3(10)11/h(H2,6,8)(H2,7,9)(H,10,11). The van der Waals surface area contributed by atoms with Crippen LogP contribution in [0.1, 0.15) is 0 Å². The van der Waals surface area contributed by atoms with Crippen LogP contribution in [-0.2, 0) is 14.4 Å². The van der Waals surface area contributed by atoms with Crippen molar-refractivity contribution in [2.24, 2.45) is 11.5 Å². The lowest BCUT2D eigenvalue weighted by Gasteiger charge is -2.12. The zero-order chi connectivity index (χ0) is 9.23. The Morgan fingerprint density at radius 1 is 1.18 bits per heavy atom. The number of alkyl halides is 1. The van der Waals surface area contributed by atoms with Crippen LogP contribution in [0.4, 0.5) is 0 Å². The summed E-state index contributed by atoms with van der Waals surface area (Å²) in [5.41, 5.74) is 9.04. The Balaban J connectivity index is 4.99. The molecule has 7 heteroatoms. The largest absolute Gasteiger partial charge is 0.479 e. The highest BCUT2D eigenvalue weighted by Crippen LogP contribution is 2.13. The predicted molar refractivity (Wildman–Crippen MR) is 34.6 cm³/mol. The van der Waals surface area contributed by atoms with Crippen molar-refractivity contribution >= 4 is 29.4 Å². The molecule has 0 aliphatic heterocycles. The van der Waals surface area contributed by atoms with Crippen LogP contribution < -0.4 is 11.5 Å². The second-order valence-corrected chi connectivity index (χ2v) is 2.26. The Bertz CT molecular complexity index is 190. The molecule has 0 saturated carbocycles. The van der Waals surface area contributed by atoms with Crippen molar-refractivity contribution in [3.05, 3.63) is 0 Å². The minimum absolute atomic E-state index is 1.50. The van der Waals surface area contributed by atoms with Gasteiger partial charge in [-0.25, -0.2) is 4.79 Å².